The molecule has 0 spiro atoms. The standard InChI is InChI=1S/C14H19ClN2O2/c1-2-3-10-16-14(19)11-6-4-5-7-12(11)17-13(18)8-9-15/h4-7H,2-3,8-10H2,1H3,(H,16,19)(H,17,18). The van der Waals surface area contributed by atoms with Gasteiger partial charge in [-0.25, -0.2) is 0 Å². The fourth-order valence-electron chi connectivity index (χ4n) is 1.56. The average Bonchev–Trinajstić information content (AvgIpc) is 2.39. The maximum Gasteiger partial charge on any atom is 0.253 e. The van der Waals surface area contributed by atoms with E-state index in [0.717, 1.165) is 12.8 Å². The first-order chi connectivity index (χ1) is 9.19. The second-order valence-corrected chi connectivity index (χ2v) is 4.52. The van der Waals surface area contributed by atoms with Crippen LogP contribution in [0.15, 0.2) is 24.3 Å². The molecule has 0 radical (unpaired) electrons. The smallest absolute Gasteiger partial charge is 0.253 e. The number of amides is 2. The molecule has 0 bridgehead atoms. The summed E-state index contributed by atoms with van der Waals surface area (Å²) in [5, 5.41) is 5.53. The van der Waals surface area contributed by atoms with Gasteiger partial charge in [-0.05, 0) is 18.6 Å². The number of alkyl halides is 1. The second kappa shape index (κ2) is 8.53. The number of halogens is 1. The molecule has 5 heteroatoms. The summed E-state index contributed by atoms with van der Waals surface area (Å²) in [6.45, 7) is 2.70. The van der Waals surface area contributed by atoms with Crippen LogP contribution in [0.5, 0.6) is 0 Å². The van der Waals surface area contributed by atoms with Crippen molar-refractivity contribution in [1.29, 1.82) is 0 Å². The third kappa shape index (κ3) is 5.30. The summed E-state index contributed by atoms with van der Waals surface area (Å²) in [6, 6.07) is 6.95. The highest BCUT2D eigenvalue weighted by Gasteiger charge is 2.12. The number of hydrogen-bond acceptors (Lipinski definition) is 2. The second-order valence-electron chi connectivity index (χ2n) is 4.14. The Hall–Kier alpha value is -1.55. The van der Waals surface area contributed by atoms with Gasteiger partial charge in [0.15, 0.2) is 0 Å². The van der Waals surface area contributed by atoms with Crippen LogP contribution >= 0.6 is 11.6 Å². The van der Waals surface area contributed by atoms with Crippen molar-refractivity contribution in [3.63, 3.8) is 0 Å². The van der Waals surface area contributed by atoms with Crippen molar-refractivity contribution < 1.29 is 9.59 Å². The third-order valence-electron chi connectivity index (χ3n) is 2.58. The molecule has 0 atom stereocenters. The molecule has 0 aliphatic carbocycles. The average molecular weight is 283 g/mol. The van der Waals surface area contributed by atoms with Crippen LogP contribution in [0.1, 0.15) is 36.5 Å². The van der Waals surface area contributed by atoms with E-state index in [0.29, 0.717) is 17.8 Å². The normalized spacial score (nSPS) is 10.0. The SMILES string of the molecule is CCCCNC(=O)c1ccccc1NC(=O)CCCl. The fourth-order valence-corrected chi connectivity index (χ4v) is 1.73. The van der Waals surface area contributed by atoms with Crippen LogP contribution in [-0.2, 0) is 4.79 Å². The molecule has 104 valence electrons. The predicted molar refractivity (Wildman–Crippen MR) is 77.6 cm³/mol. The number of benzene rings is 1. The van der Waals surface area contributed by atoms with Gasteiger partial charge in [0, 0.05) is 18.8 Å². The Morgan fingerprint density at radius 1 is 1.26 bits per heavy atom. The summed E-state index contributed by atoms with van der Waals surface area (Å²) < 4.78 is 0. The molecule has 1 aromatic rings. The van der Waals surface area contributed by atoms with Crippen LogP contribution in [0, 0.1) is 0 Å². The molecular formula is C14H19ClN2O2. The molecule has 1 aromatic carbocycles. The first kappa shape index (κ1) is 15.5. The number of unbranched alkanes of at least 4 members (excludes halogenated alkanes) is 1. The van der Waals surface area contributed by atoms with Gasteiger partial charge in [-0.3, -0.25) is 9.59 Å². The van der Waals surface area contributed by atoms with E-state index >= 15 is 0 Å². The summed E-state index contributed by atoms with van der Waals surface area (Å²) in [6.07, 6.45) is 2.19. The number of nitrogens with one attached hydrogen (secondary N) is 2. The quantitative estimate of drug-likeness (QED) is 0.597. The monoisotopic (exact) mass is 282 g/mol. The van der Waals surface area contributed by atoms with Gasteiger partial charge in [-0.15, -0.1) is 11.6 Å². The van der Waals surface area contributed by atoms with Gasteiger partial charge in [0.1, 0.15) is 0 Å². The van der Waals surface area contributed by atoms with E-state index in [9.17, 15) is 9.59 Å². The van der Waals surface area contributed by atoms with E-state index in [4.69, 9.17) is 11.6 Å². The number of anilines is 1. The van der Waals surface area contributed by atoms with Crippen molar-refractivity contribution in [1.82, 2.24) is 5.32 Å². The van der Waals surface area contributed by atoms with Gasteiger partial charge < -0.3 is 10.6 Å². The lowest BCUT2D eigenvalue weighted by atomic mass is 10.1. The number of hydrogen-bond donors (Lipinski definition) is 2. The van der Waals surface area contributed by atoms with Crippen molar-refractivity contribution in [2.45, 2.75) is 26.2 Å². The lowest BCUT2D eigenvalue weighted by Crippen LogP contribution is -2.26. The zero-order valence-electron chi connectivity index (χ0n) is 11.0. The van der Waals surface area contributed by atoms with Crippen molar-refractivity contribution >= 4 is 29.1 Å². The lowest BCUT2D eigenvalue weighted by molar-refractivity contribution is -0.115. The predicted octanol–water partition coefficient (Wildman–Crippen LogP) is 2.78. The minimum atomic E-state index is -0.191. The molecule has 4 nitrogen and oxygen atoms in total. The van der Waals surface area contributed by atoms with E-state index < -0.39 is 0 Å². The molecule has 2 N–H and O–H groups in total. The summed E-state index contributed by atoms with van der Waals surface area (Å²) in [7, 11) is 0. The van der Waals surface area contributed by atoms with Crippen molar-refractivity contribution in [2.24, 2.45) is 0 Å². The summed E-state index contributed by atoms with van der Waals surface area (Å²) >= 11 is 5.51. The number of rotatable bonds is 7. The van der Waals surface area contributed by atoms with Crippen molar-refractivity contribution in [2.75, 3.05) is 17.7 Å². The summed E-state index contributed by atoms with van der Waals surface area (Å²) in [5.74, 6) is -0.101. The highest BCUT2D eigenvalue weighted by Crippen LogP contribution is 2.15. The molecule has 0 fully saturated rings. The molecule has 0 unspecified atom stereocenters. The van der Waals surface area contributed by atoms with Crippen LogP contribution in [0.25, 0.3) is 0 Å². The van der Waals surface area contributed by atoms with E-state index in [2.05, 4.69) is 17.6 Å². The molecule has 0 heterocycles. The van der Waals surface area contributed by atoms with Gasteiger partial charge in [-0.2, -0.15) is 0 Å². The Labute approximate surface area is 118 Å². The number of carbonyl (C=O) groups excluding carboxylic acids is 2. The Bertz CT molecular complexity index is 435. The van der Waals surface area contributed by atoms with Gasteiger partial charge in [0.25, 0.3) is 5.91 Å². The maximum absolute atomic E-state index is 12.0. The summed E-state index contributed by atoms with van der Waals surface area (Å²) in [4.78, 5) is 23.5. The maximum atomic E-state index is 12.0. The molecule has 0 aliphatic rings. The molecule has 2 amide bonds. The van der Waals surface area contributed by atoms with E-state index in [1.54, 1.807) is 24.3 Å². The first-order valence-electron chi connectivity index (χ1n) is 6.42. The Morgan fingerprint density at radius 2 is 2.00 bits per heavy atom. The highest BCUT2D eigenvalue weighted by atomic mass is 35.5. The number of para-hydroxylation sites is 1. The van der Waals surface area contributed by atoms with Crippen molar-refractivity contribution in [3.8, 4) is 0 Å². The van der Waals surface area contributed by atoms with Gasteiger partial charge in [0.05, 0.1) is 11.3 Å². The molecular weight excluding hydrogens is 264 g/mol. The van der Waals surface area contributed by atoms with Crippen molar-refractivity contribution in [3.05, 3.63) is 29.8 Å². The fraction of sp³-hybridized carbons (Fsp3) is 0.429. The zero-order valence-corrected chi connectivity index (χ0v) is 11.8. The molecule has 19 heavy (non-hydrogen) atoms. The van der Waals surface area contributed by atoms with E-state index in [1.807, 2.05) is 0 Å². The van der Waals surface area contributed by atoms with E-state index in [-0.39, 0.29) is 24.1 Å². The van der Waals surface area contributed by atoms with E-state index in [1.165, 1.54) is 0 Å². The number of carbonyl (C=O) groups is 2. The van der Waals surface area contributed by atoms with Crippen LogP contribution in [0.4, 0.5) is 5.69 Å². The minimum Gasteiger partial charge on any atom is -0.352 e. The third-order valence-corrected chi connectivity index (χ3v) is 2.77. The van der Waals surface area contributed by atoms with Crippen LogP contribution in [0.2, 0.25) is 0 Å². The zero-order chi connectivity index (χ0) is 14.1. The highest BCUT2D eigenvalue weighted by molar-refractivity contribution is 6.19. The molecule has 0 saturated carbocycles. The molecule has 0 aliphatic heterocycles. The molecule has 1 rings (SSSR count). The molecule has 0 saturated heterocycles. The lowest BCUT2D eigenvalue weighted by Gasteiger charge is -2.10. The van der Waals surface area contributed by atoms with Gasteiger partial charge in [-0.1, -0.05) is 25.5 Å². The topological polar surface area (TPSA) is 58.2 Å². The molecule has 0 aromatic heterocycles. The van der Waals surface area contributed by atoms with Crippen LogP contribution in [0.3, 0.4) is 0 Å². The largest absolute Gasteiger partial charge is 0.352 e. The van der Waals surface area contributed by atoms with Gasteiger partial charge >= 0.3 is 0 Å². The Balaban J connectivity index is 2.72. The van der Waals surface area contributed by atoms with Gasteiger partial charge in [0.2, 0.25) is 5.91 Å². The minimum absolute atomic E-state index is 0.171. The Kier molecular flexibility index (Phi) is 6.97. The van der Waals surface area contributed by atoms with Crippen LogP contribution in [-0.4, -0.2) is 24.2 Å². The first-order valence-corrected chi connectivity index (χ1v) is 6.95. The Morgan fingerprint density at radius 3 is 2.68 bits per heavy atom. The summed E-state index contributed by atoms with van der Waals surface area (Å²) in [5.41, 5.74) is 0.994. The van der Waals surface area contributed by atoms with Crippen LogP contribution < -0.4 is 10.6 Å².